The number of ether oxygens (including phenoxy) is 1. The fourth-order valence-corrected chi connectivity index (χ4v) is 1.54. The summed E-state index contributed by atoms with van der Waals surface area (Å²) in [6, 6.07) is 6.60. The van der Waals surface area contributed by atoms with Crippen LogP contribution in [0.4, 0.5) is 4.39 Å². The molecule has 0 aliphatic heterocycles. The lowest BCUT2D eigenvalue weighted by molar-refractivity contribution is 0.0517. The zero-order valence-electron chi connectivity index (χ0n) is 10.0. The summed E-state index contributed by atoms with van der Waals surface area (Å²) < 4.78 is 18.8. The lowest BCUT2D eigenvalue weighted by Crippen LogP contribution is -2.20. The van der Waals surface area contributed by atoms with Crippen LogP contribution in [0.3, 0.4) is 0 Å². The van der Waals surface area contributed by atoms with Gasteiger partial charge < -0.3 is 10.1 Å². The summed E-state index contributed by atoms with van der Waals surface area (Å²) in [5.41, 5.74) is 0.894. The fraction of sp³-hybridized carbons (Fsp3) is 0.538. The molecule has 16 heavy (non-hydrogen) atoms. The molecule has 1 N–H and O–H groups in total. The molecule has 0 saturated heterocycles. The number of rotatable bonds is 7. The van der Waals surface area contributed by atoms with Crippen LogP contribution in [0.2, 0.25) is 0 Å². The van der Waals surface area contributed by atoms with Crippen molar-refractivity contribution < 1.29 is 9.13 Å². The summed E-state index contributed by atoms with van der Waals surface area (Å²) in [6.07, 6.45) is 2.08. The van der Waals surface area contributed by atoms with E-state index in [1.165, 1.54) is 12.1 Å². The molecular weight excluding hydrogens is 205 g/mol. The number of halogens is 1. The third kappa shape index (κ3) is 4.29. The van der Waals surface area contributed by atoms with Crippen molar-refractivity contribution in [1.29, 1.82) is 0 Å². The maximum atomic E-state index is 13.1. The summed E-state index contributed by atoms with van der Waals surface area (Å²) in [7, 11) is 1.87. The highest BCUT2D eigenvalue weighted by atomic mass is 19.1. The third-order valence-corrected chi connectivity index (χ3v) is 2.43. The lowest BCUT2D eigenvalue weighted by atomic mass is 10.1. The number of benzene rings is 1. The molecule has 1 aromatic rings. The minimum absolute atomic E-state index is 0.0627. The standard InChI is InChI=1S/C13H20FNO/c1-3-4-8-16-13(10-15-2)11-6-5-7-12(14)9-11/h5-7,9,13,15H,3-4,8,10H2,1-2H3. The normalized spacial score (nSPS) is 12.7. The van der Waals surface area contributed by atoms with Crippen LogP contribution in [0.1, 0.15) is 31.4 Å². The molecule has 2 nitrogen and oxygen atoms in total. The molecule has 0 radical (unpaired) electrons. The molecule has 90 valence electrons. The van der Waals surface area contributed by atoms with Gasteiger partial charge in [0.05, 0.1) is 6.10 Å². The van der Waals surface area contributed by atoms with Crippen molar-refractivity contribution >= 4 is 0 Å². The molecule has 1 unspecified atom stereocenters. The van der Waals surface area contributed by atoms with E-state index in [4.69, 9.17) is 4.74 Å². The minimum atomic E-state index is -0.210. The molecule has 0 aromatic heterocycles. The second kappa shape index (κ2) is 7.36. The summed E-state index contributed by atoms with van der Waals surface area (Å²) in [5, 5.41) is 3.07. The van der Waals surface area contributed by atoms with Crippen LogP contribution in [0.15, 0.2) is 24.3 Å². The van der Waals surface area contributed by atoms with Crippen LogP contribution in [-0.2, 0) is 4.74 Å². The average Bonchev–Trinajstić information content (AvgIpc) is 2.28. The molecule has 0 fully saturated rings. The van der Waals surface area contributed by atoms with E-state index < -0.39 is 0 Å². The minimum Gasteiger partial charge on any atom is -0.372 e. The maximum Gasteiger partial charge on any atom is 0.123 e. The van der Waals surface area contributed by atoms with E-state index in [0.717, 1.165) is 25.0 Å². The summed E-state index contributed by atoms with van der Waals surface area (Å²) >= 11 is 0. The van der Waals surface area contributed by atoms with Crippen LogP contribution in [0, 0.1) is 5.82 Å². The van der Waals surface area contributed by atoms with Crippen LogP contribution in [-0.4, -0.2) is 20.2 Å². The van der Waals surface area contributed by atoms with Crippen LogP contribution in [0.25, 0.3) is 0 Å². The Hall–Kier alpha value is -0.930. The van der Waals surface area contributed by atoms with Crippen molar-refractivity contribution in [3.63, 3.8) is 0 Å². The van der Waals surface area contributed by atoms with Crippen LogP contribution < -0.4 is 5.32 Å². The Bertz CT molecular complexity index is 304. The van der Waals surface area contributed by atoms with Crippen molar-refractivity contribution in [3.8, 4) is 0 Å². The van der Waals surface area contributed by atoms with E-state index in [1.807, 2.05) is 13.1 Å². The van der Waals surface area contributed by atoms with Gasteiger partial charge in [-0.25, -0.2) is 4.39 Å². The highest BCUT2D eigenvalue weighted by molar-refractivity contribution is 5.19. The maximum absolute atomic E-state index is 13.1. The molecule has 1 aromatic carbocycles. The molecule has 0 heterocycles. The first-order valence-corrected chi connectivity index (χ1v) is 5.79. The van der Waals surface area contributed by atoms with Gasteiger partial charge in [-0.1, -0.05) is 25.5 Å². The zero-order chi connectivity index (χ0) is 11.8. The Morgan fingerprint density at radius 3 is 2.88 bits per heavy atom. The smallest absolute Gasteiger partial charge is 0.123 e. The monoisotopic (exact) mass is 225 g/mol. The molecule has 0 spiro atoms. The molecular formula is C13H20FNO. The predicted molar refractivity (Wildman–Crippen MR) is 63.9 cm³/mol. The molecule has 0 aliphatic carbocycles. The van der Waals surface area contributed by atoms with E-state index in [1.54, 1.807) is 6.07 Å². The van der Waals surface area contributed by atoms with Crippen LogP contribution >= 0.6 is 0 Å². The van der Waals surface area contributed by atoms with E-state index >= 15 is 0 Å². The second-order valence-corrected chi connectivity index (χ2v) is 3.83. The van der Waals surface area contributed by atoms with Gasteiger partial charge >= 0.3 is 0 Å². The van der Waals surface area contributed by atoms with Crippen molar-refractivity contribution in [1.82, 2.24) is 5.32 Å². The summed E-state index contributed by atoms with van der Waals surface area (Å²) in [4.78, 5) is 0. The van der Waals surface area contributed by atoms with Gasteiger partial charge in [-0.05, 0) is 31.2 Å². The average molecular weight is 225 g/mol. The first-order chi connectivity index (χ1) is 7.77. The van der Waals surface area contributed by atoms with Crippen molar-refractivity contribution in [3.05, 3.63) is 35.6 Å². The van der Waals surface area contributed by atoms with Gasteiger partial charge in [0.15, 0.2) is 0 Å². The predicted octanol–water partition coefficient (Wildman–Crippen LogP) is 2.90. The highest BCUT2D eigenvalue weighted by Gasteiger charge is 2.11. The van der Waals surface area contributed by atoms with Gasteiger partial charge in [-0.3, -0.25) is 0 Å². The Morgan fingerprint density at radius 2 is 2.25 bits per heavy atom. The first-order valence-electron chi connectivity index (χ1n) is 5.79. The van der Waals surface area contributed by atoms with E-state index in [0.29, 0.717) is 6.54 Å². The first kappa shape index (κ1) is 13.1. The summed E-state index contributed by atoms with van der Waals surface area (Å²) in [5.74, 6) is -0.210. The van der Waals surface area contributed by atoms with Gasteiger partial charge in [0, 0.05) is 13.2 Å². The zero-order valence-corrected chi connectivity index (χ0v) is 10.0. The van der Waals surface area contributed by atoms with Gasteiger partial charge in [-0.15, -0.1) is 0 Å². The Labute approximate surface area is 96.8 Å². The van der Waals surface area contributed by atoms with Gasteiger partial charge in [0.2, 0.25) is 0 Å². The SMILES string of the molecule is CCCCOC(CNC)c1cccc(F)c1. The van der Waals surface area contributed by atoms with E-state index in [9.17, 15) is 4.39 Å². The number of likely N-dealkylation sites (N-methyl/N-ethyl adjacent to an activating group) is 1. The van der Waals surface area contributed by atoms with Gasteiger partial charge in [0.25, 0.3) is 0 Å². The van der Waals surface area contributed by atoms with E-state index in [2.05, 4.69) is 12.2 Å². The van der Waals surface area contributed by atoms with Gasteiger partial charge in [0.1, 0.15) is 5.82 Å². The fourth-order valence-electron chi connectivity index (χ4n) is 1.54. The second-order valence-electron chi connectivity index (χ2n) is 3.83. The summed E-state index contributed by atoms with van der Waals surface area (Å²) in [6.45, 7) is 3.55. The lowest BCUT2D eigenvalue weighted by Gasteiger charge is -2.18. The molecule has 0 bridgehead atoms. The highest BCUT2D eigenvalue weighted by Crippen LogP contribution is 2.18. The van der Waals surface area contributed by atoms with Crippen molar-refractivity contribution in [2.45, 2.75) is 25.9 Å². The topological polar surface area (TPSA) is 21.3 Å². The van der Waals surface area contributed by atoms with Crippen molar-refractivity contribution in [2.75, 3.05) is 20.2 Å². The Kier molecular flexibility index (Phi) is 6.04. The van der Waals surface area contributed by atoms with Crippen molar-refractivity contribution in [2.24, 2.45) is 0 Å². The number of hydrogen-bond donors (Lipinski definition) is 1. The molecule has 1 rings (SSSR count). The molecule has 1 atom stereocenters. The molecule has 0 aliphatic rings. The van der Waals surface area contributed by atoms with E-state index in [-0.39, 0.29) is 11.9 Å². The molecule has 3 heteroatoms. The third-order valence-electron chi connectivity index (χ3n) is 2.43. The number of unbranched alkanes of at least 4 members (excludes halogenated alkanes) is 1. The quantitative estimate of drug-likeness (QED) is 0.720. The molecule has 0 amide bonds. The number of nitrogens with one attached hydrogen (secondary N) is 1. The Balaban J connectivity index is 2.61. The largest absolute Gasteiger partial charge is 0.372 e. The molecule has 0 saturated carbocycles. The van der Waals surface area contributed by atoms with Gasteiger partial charge in [-0.2, -0.15) is 0 Å². The Morgan fingerprint density at radius 1 is 1.44 bits per heavy atom. The van der Waals surface area contributed by atoms with Crippen LogP contribution in [0.5, 0.6) is 0 Å². The number of hydrogen-bond acceptors (Lipinski definition) is 2.